The van der Waals surface area contributed by atoms with Crippen LogP contribution in [0.3, 0.4) is 0 Å². The Hall–Kier alpha value is -1.08. The maximum Gasteiger partial charge on any atom is 0.242 e. The Morgan fingerprint density at radius 2 is 2.13 bits per heavy atom. The molecule has 1 aliphatic heterocycles. The number of nitrogens with zero attached hydrogens (tertiary/aromatic N) is 2. The molecule has 0 atom stereocenters. The highest BCUT2D eigenvalue weighted by Crippen LogP contribution is 2.23. The van der Waals surface area contributed by atoms with E-state index in [1.807, 2.05) is 19.9 Å². The zero-order valence-electron chi connectivity index (χ0n) is 9.83. The van der Waals surface area contributed by atoms with Gasteiger partial charge in [-0.2, -0.15) is 5.26 Å². The lowest BCUT2D eigenvalue weighted by Crippen LogP contribution is -2.53. The lowest BCUT2D eigenvalue weighted by atomic mass is 9.92. The highest BCUT2D eigenvalue weighted by molar-refractivity contribution is 5.84. The minimum absolute atomic E-state index is 0.110. The summed E-state index contributed by atoms with van der Waals surface area (Å²) in [5.41, 5.74) is -1.24. The van der Waals surface area contributed by atoms with Crippen LogP contribution in [0, 0.1) is 16.7 Å². The fourth-order valence-corrected chi connectivity index (χ4v) is 1.63. The molecule has 4 heteroatoms. The van der Waals surface area contributed by atoms with Gasteiger partial charge < -0.3 is 9.64 Å². The van der Waals surface area contributed by atoms with Crippen molar-refractivity contribution in [1.29, 1.82) is 5.26 Å². The lowest BCUT2D eigenvalue weighted by molar-refractivity contribution is -0.152. The Bertz CT molecular complexity index is 302. The molecular formula is C11H18N2O2. The number of amides is 1. The average Bonchev–Trinajstić information content (AvgIpc) is 2.15. The smallest absolute Gasteiger partial charge is 0.242 e. The van der Waals surface area contributed by atoms with Crippen LogP contribution in [0.1, 0.15) is 27.7 Å². The zero-order chi connectivity index (χ0) is 11.7. The number of nitriles is 1. The molecule has 1 aliphatic rings. The first-order valence-electron chi connectivity index (χ1n) is 5.13. The first-order chi connectivity index (χ1) is 6.78. The normalized spacial score (nSPS) is 20.9. The minimum Gasteiger partial charge on any atom is -0.372 e. The standard InChI is InChI=1S/C11H18N2O2/c1-10(2,7-12)9(14)13-5-6-15-11(3,4)8-13/h5-6,8H2,1-4H3. The van der Waals surface area contributed by atoms with Crippen molar-refractivity contribution in [3.8, 4) is 6.07 Å². The number of hydrogen-bond acceptors (Lipinski definition) is 3. The van der Waals surface area contributed by atoms with Gasteiger partial charge >= 0.3 is 0 Å². The van der Waals surface area contributed by atoms with Gasteiger partial charge in [-0.3, -0.25) is 4.79 Å². The summed E-state index contributed by atoms with van der Waals surface area (Å²) >= 11 is 0. The number of hydrogen-bond donors (Lipinski definition) is 0. The Labute approximate surface area is 90.8 Å². The van der Waals surface area contributed by atoms with Crippen LogP contribution in [0.15, 0.2) is 0 Å². The molecule has 0 aromatic carbocycles. The molecule has 1 rings (SSSR count). The number of carbonyl (C=O) groups excluding carboxylic acids is 1. The van der Waals surface area contributed by atoms with Gasteiger partial charge in [-0.05, 0) is 27.7 Å². The van der Waals surface area contributed by atoms with Crippen LogP contribution < -0.4 is 0 Å². The highest BCUT2D eigenvalue weighted by atomic mass is 16.5. The molecule has 0 aromatic heterocycles. The van der Waals surface area contributed by atoms with Crippen LogP contribution in [-0.4, -0.2) is 36.1 Å². The van der Waals surface area contributed by atoms with Crippen molar-refractivity contribution in [1.82, 2.24) is 4.90 Å². The Morgan fingerprint density at radius 1 is 1.53 bits per heavy atom. The zero-order valence-corrected chi connectivity index (χ0v) is 9.83. The molecule has 0 radical (unpaired) electrons. The number of morpholine rings is 1. The van der Waals surface area contributed by atoms with Crippen LogP contribution in [0.5, 0.6) is 0 Å². The number of ether oxygens (including phenoxy) is 1. The van der Waals surface area contributed by atoms with Crippen molar-refractivity contribution in [2.24, 2.45) is 5.41 Å². The molecule has 1 amide bonds. The summed E-state index contributed by atoms with van der Waals surface area (Å²) in [6, 6.07) is 2.03. The molecule has 0 spiro atoms. The number of carbonyl (C=O) groups is 1. The van der Waals surface area contributed by atoms with Crippen LogP contribution in [0.2, 0.25) is 0 Å². The molecule has 1 saturated heterocycles. The first kappa shape index (κ1) is 12.0. The minimum atomic E-state index is -0.937. The fourth-order valence-electron chi connectivity index (χ4n) is 1.63. The molecule has 1 fully saturated rings. The van der Waals surface area contributed by atoms with E-state index in [9.17, 15) is 4.79 Å². The van der Waals surface area contributed by atoms with Crippen molar-refractivity contribution in [2.75, 3.05) is 19.7 Å². The maximum atomic E-state index is 12.0. The maximum absolute atomic E-state index is 12.0. The van der Waals surface area contributed by atoms with E-state index in [2.05, 4.69) is 0 Å². The summed E-state index contributed by atoms with van der Waals surface area (Å²) in [5, 5.41) is 8.90. The average molecular weight is 210 g/mol. The Balaban J connectivity index is 2.74. The third kappa shape index (κ3) is 2.69. The van der Waals surface area contributed by atoms with Crippen LogP contribution in [0.4, 0.5) is 0 Å². The van der Waals surface area contributed by atoms with E-state index in [0.717, 1.165) is 0 Å². The summed E-state index contributed by atoms with van der Waals surface area (Å²) in [5.74, 6) is -0.110. The van der Waals surface area contributed by atoms with E-state index in [-0.39, 0.29) is 11.5 Å². The molecule has 0 N–H and O–H groups in total. The molecule has 0 saturated carbocycles. The van der Waals surface area contributed by atoms with Crippen molar-refractivity contribution in [3.63, 3.8) is 0 Å². The Morgan fingerprint density at radius 3 is 2.60 bits per heavy atom. The molecular weight excluding hydrogens is 192 g/mol. The van der Waals surface area contributed by atoms with Crippen molar-refractivity contribution < 1.29 is 9.53 Å². The van der Waals surface area contributed by atoms with Crippen LogP contribution in [-0.2, 0) is 9.53 Å². The van der Waals surface area contributed by atoms with Gasteiger partial charge in [0.15, 0.2) is 0 Å². The highest BCUT2D eigenvalue weighted by Gasteiger charge is 2.37. The molecule has 1 heterocycles. The van der Waals surface area contributed by atoms with Gasteiger partial charge in [0.05, 0.1) is 18.3 Å². The van der Waals surface area contributed by atoms with E-state index >= 15 is 0 Å². The topological polar surface area (TPSA) is 53.3 Å². The van der Waals surface area contributed by atoms with E-state index in [4.69, 9.17) is 10.00 Å². The molecule has 0 unspecified atom stereocenters. The summed E-state index contributed by atoms with van der Waals surface area (Å²) < 4.78 is 5.52. The van der Waals surface area contributed by atoms with Gasteiger partial charge in [-0.15, -0.1) is 0 Å². The second kappa shape index (κ2) is 3.82. The molecule has 0 aromatic rings. The van der Waals surface area contributed by atoms with Gasteiger partial charge in [-0.1, -0.05) is 0 Å². The SMILES string of the molecule is CC1(C)CN(C(=O)C(C)(C)C#N)CCO1. The largest absolute Gasteiger partial charge is 0.372 e. The second-order valence-corrected chi connectivity index (χ2v) is 5.07. The van der Waals surface area contributed by atoms with Gasteiger partial charge in [0.2, 0.25) is 5.91 Å². The van der Waals surface area contributed by atoms with Gasteiger partial charge in [0.1, 0.15) is 5.41 Å². The predicted molar refractivity (Wildman–Crippen MR) is 56.0 cm³/mol. The van der Waals surface area contributed by atoms with E-state index in [0.29, 0.717) is 19.7 Å². The predicted octanol–water partition coefficient (Wildman–Crippen LogP) is 1.17. The third-order valence-electron chi connectivity index (χ3n) is 2.53. The van der Waals surface area contributed by atoms with Crippen molar-refractivity contribution in [2.45, 2.75) is 33.3 Å². The summed E-state index contributed by atoms with van der Waals surface area (Å²) in [6.07, 6.45) is 0. The monoisotopic (exact) mass is 210 g/mol. The quantitative estimate of drug-likeness (QED) is 0.653. The molecule has 84 valence electrons. The van der Waals surface area contributed by atoms with Crippen molar-refractivity contribution in [3.05, 3.63) is 0 Å². The van der Waals surface area contributed by atoms with Crippen LogP contribution >= 0.6 is 0 Å². The molecule has 15 heavy (non-hydrogen) atoms. The lowest BCUT2D eigenvalue weighted by Gasteiger charge is -2.39. The van der Waals surface area contributed by atoms with E-state index < -0.39 is 5.41 Å². The second-order valence-electron chi connectivity index (χ2n) is 5.07. The fraction of sp³-hybridized carbons (Fsp3) is 0.818. The van der Waals surface area contributed by atoms with Gasteiger partial charge in [0, 0.05) is 13.1 Å². The molecule has 0 bridgehead atoms. The van der Waals surface area contributed by atoms with E-state index in [1.54, 1.807) is 18.7 Å². The van der Waals surface area contributed by atoms with Gasteiger partial charge in [-0.25, -0.2) is 0 Å². The third-order valence-corrected chi connectivity index (χ3v) is 2.53. The summed E-state index contributed by atoms with van der Waals surface area (Å²) in [6.45, 7) is 8.87. The molecule has 4 nitrogen and oxygen atoms in total. The van der Waals surface area contributed by atoms with Crippen LogP contribution in [0.25, 0.3) is 0 Å². The number of rotatable bonds is 1. The van der Waals surface area contributed by atoms with Gasteiger partial charge in [0.25, 0.3) is 0 Å². The first-order valence-corrected chi connectivity index (χ1v) is 5.13. The molecule has 0 aliphatic carbocycles. The summed E-state index contributed by atoms with van der Waals surface area (Å²) in [7, 11) is 0. The van der Waals surface area contributed by atoms with E-state index in [1.165, 1.54) is 0 Å². The van der Waals surface area contributed by atoms with Crippen molar-refractivity contribution >= 4 is 5.91 Å². The summed E-state index contributed by atoms with van der Waals surface area (Å²) in [4.78, 5) is 13.7. The Kier molecular flexibility index (Phi) is 3.05.